The van der Waals surface area contributed by atoms with E-state index in [0.29, 0.717) is 6.42 Å². The van der Waals surface area contributed by atoms with E-state index < -0.39 is 11.4 Å². The van der Waals surface area contributed by atoms with Gasteiger partial charge in [0, 0.05) is 5.54 Å². The molecule has 1 N–H and O–H groups in total. The van der Waals surface area contributed by atoms with Crippen LogP contribution in [0.5, 0.6) is 0 Å². The minimum absolute atomic E-state index is 0.385. The second-order valence-corrected chi connectivity index (χ2v) is 3.82. The summed E-state index contributed by atoms with van der Waals surface area (Å²) in [6.07, 6.45) is 2.04. The van der Waals surface area contributed by atoms with Gasteiger partial charge in [-0.15, -0.1) is 0 Å². The van der Waals surface area contributed by atoms with Crippen molar-refractivity contribution in [3.05, 3.63) is 47.5 Å². The minimum atomic E-state index is -0.910. The van der Waals surface area contributed by atoms with Crippen molar-refractivity contribution in [2.45, 2.75) is 18.8 Å². The van der Waals surface area contributed by atoms with E-state index in [-0.39, 0.29) is 0 Å². The molecule has 0 aromatic heterocycles. The lowest BCUT2D eigenvalue weighted by atomic mass is 9.80. The molecule has 0 saturated heterocycles. The van der Waals surface area contributed by atoms with Gasteiger partial charge in [0.1, 0.15) is 0 Å². The quantitative estimate of drug-likeness (QED) is 0.853. The van der Waals surface area contributed by atoms with Crippen LogP contribution in [0, 0.1) is 0 Å². The van der Waals surface area contributed by atoms with Gasteiger partial charge in [-0.2, -0.15) is 0 Å². The maximum absolute atomic E-state index is 11.3. The highest BCUT2D eigenvalue weighted by Crippen LogP contribution is 2.28. The third-order valence-corrected chi connectivity index (χ3v) is 2.68. The van der Waals surface area contributed by atoms with E-state index in [1.165, 1.54) is 5.54 Å². The van der Waals surface area contributed by atoms with Gasteiger partial charge < -0.3 is 5.11 Å². The Labute approximate surface area is 94.2 Å². The summed E-state index contributed by atoms with van der Waals surface area (Å²) in [6.45, 7) is 1.70. The van der Waals surface area contributed by atoms with Crippen LogP contribution < -0.4 is 0 Å². The van der Waals surface area contributed by atoms with E-state index in [4.69, 9.17) is 11.6 Å². The Kier molecular flexibility index (Phi) is 3.92. The lowest BCUT2D eigenvalue weighted by Crippen LogP contribution is -2.31. The molecular formula is C12H13ClO2. The third kappa shape index (κ3) is 2.60. The maximum Gasteiger partial charge on any atom is 0.314 e. The summed E-state index contributed by atoms with van der Waals surface area (Å²) in [5, 5.41) is 9.24. The maximum atomic E-state index is 11.3. The van der Waals surface area contributed by atoms with Gasteiger partial charge in [0.2, 0.25) is 0 Å². The molecule has 0 amide bonds. The predicted molar refractivity (Wildman–Crippen MR) is 61.0 cm³/mol. The molecule has 1 aromatic rings. The zero-order chi connectivity index (χ0) is 11.3. The average Bonchev–Trinajstić information content (AvgIpc) is 2.27. The molecule has 0 aliphatic heterocycles. The van der Waals surface area contributed by atoms with Crippen LogP contribution in [0.2, 0.25) is 0 Å². The first-order valence-electron chi connectivity index (χ1n) is 4.65. The van der Waals surface area contributed by atoms with Crippen molar-refractivity contribution >= 4 is 17.6 Å². The molecule has 0 radical (unpaired) electrons. The van der Waals surface area contributed by atoms with E-state index >= 15 is 0 Å². The summed E-state index contributed by atoms with van der Waals surface area (Å²) in [4.78, 5) is 11.3. The second-order valence-electron chi connectivity index (χ2n) is 3.57. The van der Waals surface area contributed by atoms with Crippen molar-refractivity contribution in [2.24, 2.45) is 0 Å². The first kappa shape index (κ1) is 11.8. The van der Waals surface area contributed by atoms with Crippen LogP contribution in [-0.4, -0.2) is 11.1 Å². The van der Waals surface area contributed by atoms with Crippen LogP contribution in [0.1, 0.15) is 18.9 Å². The van der Waals surface area contributed by atoms with Gasteiger partial charge in [-0.25, -0.2) is 0 Å². The fraction of sp³-hybridized carbons (Fsp3) is 0.250. The van der Waals surface area contributed by atoms with Gasteiger partial charge >= 0.3 is 5.97 Å². The standard InChI is InChI=1S/C12H13ClO2/c1-12(11(14)15,8-5-9-13)10-6-3-2-4-7-10/h2-7,9H,8H2,1H3,(H,14,15). The normalized spacial score (nSPS) is 15.1. The molecule has 0 fully saturated rings. The summed E-state index contributed by atoms with van der Waals surface area (Å²) in [5.74, 6) is -0.844. The van der Waals surface area contributed by atoms with Gasteiger partial charge in [0.05, 0.1) is 5.41 Å². The Morgan fingerprint density at radius 1 is 1.47 bits per heavy atom. The van der Waals surface area contributed by atoms with Crippen LogP contribution in [0.25, 0.3) is 0 Å². The van der Waals surface area contributed by atoms with E-state index in [1.54, 1.807) is 13.0 Å². The monoisotopic (exact) mass is 224 g/mol. The third-order valence-electron chi connectivity index (χ3n) is 2.50. The molecule has 15 heavy (non-hydrogen) atoms. The van der Waals surface area contributed by atoms with Crippen LogP contribution in [0.3, 0.4) is 0 Å². The van der Waals surface area contributed by atoms with Gasteiger partial charge in [-0.3, -0.25) is 4.79 Å². The Morgan fingerprint density at radius 2 is 2.07 bits per heavy atom. The molecular weight excluding hydrogens is 212 g/mol. The first-order chi connectivity index (χ1) is 7.11. The number of hydrogen-bond donors (Lipinski definition) is 1. The lowest BCUT2D eigenvalue weighted by molar-refractivity contribution is -0.143. The van der Waals surface area contributed by atoms with Gasteiger partial charge in [0.15, 0.2) is 0 Å². The summed E-state index contributed by atoms with van der Waals surface area (Å²) in [5.41, 5.74) is 1.23. The molecule has 0 bridgehead atoms. The highest BCUT2D eigenvalue weighted by Gasteiger charge is 2.33. The molecule has 0 aliphatic rings. The van der Waals surface area contributed by atoms with Crippen LogP contribution >= 0.6 is 11.6 Å². The van der Waals surface area contributed by atoms with Crippen molar-refractivity contribution in [1.29, 1.82) is 0 Å². The Balaban J connectivity index is 3.07. The molecule has 0 spiro atoms. The van der Waals surface area contributed by atoms with Gasteiger partial charge in [-0.05, 0) is 18.9 Å². The molecule has 3 heteroatoms. The summed E-state index contributed by atoms with van der Waals surface area (Å²) in [7, 11) is 0. The van der Waals surface area contributed by atoms with E-state index in [0.717, 1.165) is 5.56 Å². The SMILES string of the molecule is CC(CC=CCl)(C(=O)O)c1ccccc1. The Bertz CT molecular complexity index is 359. The van der Waals surface area contributed by atoms with E-state index in [1.807, 2.05) is 30.3 Å². The zero-order valence-electron chi connectivity index (χ0n) is 8.48. The number of halogens is 1. The number of hydrogen-bond acceptors (Lipinski definition) is 1. The molecule has 0 saturated carbocycles. The number of carboxylic acid groups (broad SMARTS) is 1. The highest BCUT2D eigenvalue weighted by atomic mass is 35.5. The van der Waals surface area contributed by atoms with Crippen molar-refractivity contribution in [2.75, 3.05) is 0 Å². The van der Waals surface area contributed by atoms with Crippen molar-refractivity contribution < 1.29 is 9.90 Å². The van der Waals surface area contributed by atoms with Crippen LogP contribution in [-0.2, 0) is 10.2 Å². The summed E-state index contributed by atoms with van der Waals surface area (Å²) in [6, 6.07) is 9.16. The molecule has 1 atom stereocenters. The van der Waals surface area contributed by atoms with Crippen LogP contribution in [0.15, 0.2) is 41.9 Å². The molecule has 0 heterocycles. The molecule has 0 aliphatic carbocycles. The molecule has 1 unspecified atom stereocenters. The van der Waals surface area contributed by atoms with Crippen molar-refractivity contribution in [1.82, 2.24) is 0 Å². The van der Waals surface area contributed by atoms with E-state index in [2.05, 4.69) is 0 Å². The Hall–Kier alpha value is -1.28. The van der Waals surface area contributed by atoms with Gasteiger partial charge in [-0.1, -0.05) is 48.0 Å². The summed E-state index contributed by atoms with van der Waals surface area (Å²) < 4.78 is 0. The minimum Gasteiger partial charge on any atom is -0.481 e. The first-order valence-corrected chi connectivity index (χ1v) is 5.09. The molecule has 80 valence electrons. The largest absolute Gasteiger partial charge is 0.481 e. The smallest absolute Gasteiger partial charge is 0.314 e. The number of allylic oxidation sites excluding steroid dienone is 1. The fourth-order valence-electron chi connectivity index (χ4n) is 1.41. The topological polar surface area (TPSA) is 37.3 Å². The number of carbonyl (C=O) groups is 1. The molecule has 1 aromatic carbocycles. The Morgan fingerprint density at radius 3 is 2.53 bits per heavy atom. The second kappa shape index (κ2) is 4.99. The van der Waals surface area contributed by atoms with Crippen molar-refractivity contribution in [3.8, 4) is 0 Å². The van der Waals surface area contributed by atoms with Crippen LogP contribution in [0.4, 0.5) is 0 Å². The predicted octanol–water partition coefficient (Wildman–Crippen LogP) is 3.17. The number of carboxylic acids is 1. The fourth-order valence-corrected chi connectivity index (χ4v) is 1.50. The molecule has 2 nitrogen and oxygen atoms in total. The van der Waals surface area contributed by atoms with Crippen molar-refractivity contribution in [3.63, 3.8) is 0 Å². The average molecular weight is 225 g/mol. The molecule has 1 rings (SSSR count). The number of aliphatic carboxylic acids is 1. The lowest BCUT2D eigenvalue weighted by Gasteiger charge is -2.23. The zero-order valence-corrected chi connectivity index (χ0v) is 9.24. The van der Waals surface area contributed by atoms with E-state index in [9.17, 15) is 9.90 Å². The summed E-state index contributed by atoms with van der Waals surface area (Å²) >= 11 is 5.43. The van der Waals surface area contributed by atoms with Gasteiger partial charge in [0.25, 0.3) is 0 Å². The highest BCUT2D eigenvalue weighted by molar-refractivity contribution is 6.25. The number of benzene rings is 1. The number of rotatable bonds is 4.